The number of halogens is 2. The number of hydrogen-bond donors (Lipinski definition) is 1. The Labute approximate surface area is 142 Å². The number of benzene rings is 1. The fourth-order valence-corrected chi connectivity index (χ4v) is 2.23. The molecule has 124 valence electrons. The molecule has 9 heteroatoms. The molecular weight excluding hydrogens is 335 g/mol. The number of carbonyl (C=O) groups is 1. The molecule has 1 amide bonds. The van der Waals surface area contributed by atoms with Crippen LogP contribution in [0.25, 0.3) is 0 Å². The molecule has 0 bridgehead atoms. The fraction of sp³-hybridized carbons (Fsp3) is 0.200. The van der Waals surface area contributed by atoms with Gasteiger partial charge in [-0.05, 0) is 17.7 Å². The van der Waals surface area contributed by atoms with Crippen molar-refractivity contribution < 1.29 is 9.18 Å². The van der Waals surface area contributed by atoms with Crippen molar-refractivity contribution >= 4 is 23.5 Å². The molecule has 1 aromatic carbocycles. The summed E-state index contributed by atoms with van der Waals surface area (Å²) in [7, 11) is 0. The zero-order valence-electron chi connectivity index (χ0n) is 12.6. The smallest absolute Gasteiger partial charge is 0.248 e. The van der Waals surface area contributed by atoms with Crippen LogP contribution in [-0.2, 0) is 17.9 Å². The van der Waals surface area contributed by atoms with Gasteiger partial charge in [0.2, 0.25) is 11.9 Å². The van der Waals surface area contributed by atoms with Gasteiger partial charge in [-0.25, -0.2) is 14.1 Å². The van der Waals surface area contributed by atoms with E-state index >= 15 is 0 Å². The first kappa shape index (κ1) is 16.1. The third-order valence-electron chi connectivity index (χ3n) is 3.22. The zero-order chi connectivity index (χ0) is 16.9. The van der Waals surface area contributed by atoms with Gasteiger partial charge in [-0.15, -0.1) is 5.10 Å². The average Bonchev–Trinajstić information content (AvgIpc) is 3.17. The van der Waals surface area contributed by atoms with Crippen LogP contribution in [0, 0.1) is 5.82 Å². The van der Waals surface area contributed by atoms with Crippen LogP contribution in [0.3, 0.4) is 0 Å². The highest BCUT2D eigenvalue weighted by Gasteiger charge is 2.08. The van der Waals surface area contributed by atoms with Gasteiger partial charge in [0.1, 0.15) is 12.1 Å². The molecule has 3 rings (SSSR count). The molecule has 0 aliphatic heterocycles. The standard InChI is InChI=1S/C15H14ClFN6O/c16-12-7-19-22(9-12)6-5-14(24)20-15-18-10-23(21-15)8-11-1-3-13(17)4-2-11/h1-4,7,9-10H,5-6,8H2,(H,20,21,24). The maximum atomic E-state index is 12.9. The quantitative estimate of drug-likeness (QED) is 0.741. The summed E-state index contributed by atoms with van der Waals surface area (Å²) in [5.74, 6) is -0.287. The molecule has 0 atom stereocenters. The van der Waals surface area contributed by atoms with Gasteiger partial charge in [0, 0.05) is 19.2 Å². The molecule has 24 heavy (non-hydrogen) atoms. The normalized spacial score (nSPS) is 10.8. The molecule has 1 N–H and O–H groups in total. The van der Waals surface area contributed by atoms with Crippen molar-refractivity contribution in [1.82, 2.24) is 24.5 Å². The monoisotopic (exact) mass is 348 g/mol. The average molecular weight is 349 g/mol. The summed E-state index contributed by atoms with van der Waals surface area (Å²) >= 11 is 5.76. The second-order valence-electron chi connectivity index (χ2n) is 5.11. The summed E-state index contributed by atoms with van der Waals surface area (Å²) in [6, 6.07) is 6.11. The number of nitrogens with one attached hydrogen (secondary N) is 1. The highest BCUT2D eigenvalue weighted by atomic mass is 35.5. The van der Waals surface area contributed by atoms with Gasteiger partial charge in [0.05, 0.1) is 17.8 Å². The molecule has 7 nitrogen and oxygen atoms in total. The summed E-state index contributed by atoms with van der Waals surface area (Å²) in [4.78, 5) is 15.9. The lowest BCUT2D eigenvalue weighted by Gasteiger charge is -2.02. The van der Waals surface area contributed by atoms with Crippen LogP contribution < -0.4 is 5.32 Å². The van der Waals surface area contributed by atoms with Crippen LogP contribution in [0.4, 0.5) is 10.3 Å². The Morgan fingerprint density at radius 3 is 2.75 bits per heavy atom. The van der Waals surface area contributed by atoms with Crippen LogP contribution in [0.1, 0.15) is 12.0 Å². The lowest BCUT2D eigenvalue weighted by Crippen LogP contribution is -2.16. The van der Waals surface area contributed by atoms with E-state index in [0.717, 1.165) is 5.56 Å². The van der Waals surface area contributed by atoms with E-state index < -0.39 is 0 Å². The summed E-state index contributed by atoms with van der Waals surface area (Å²) in [5.41, 5.74) is 0.884. The molecule has 0 radical (unpaired) electrons. The van der Waals surface area contributed by atoms with E-state index in [-0.39, 0.29) is 24.1 Å². The van der Waals surface area contributed by atoms with E-state index in [4.69, 9.17) is 11.6 Å². The lowest BCUT2D eigenvalue weighted by atomic mass is 10.2. The number of anilines is 1. The van der Waals surface area contributed by atoms with Crippen LogP contribution in [-0.4, -0.2) is 30.5 Å². The number of aryl methyl sites for hydroxylation is 1. The van der Waals surface area contributed by atoms with E-state index in [1.807, 2.05) is 0 Å². The number of amides is 1. The van der Waals surface area contributed by atoms with Crippen LogP contribution >= 0.6 is 11.6 Å². The minimum atomic E-state index is -0.288. The molecule has 0 saturated heterocycles. The lowest BCUT2D eigenvalue weighted by molar-refractivity contribution is -0.116. The highest BCUT2D eigenvalue weighted by Crippen LogP contribution is 2.07. The molecular formula is C15H14ClFN6O. The van der Waals surface area contributed by atoms with E-state index in [9.17, 15) is 9.18 Å². The molecule has 2 aromatic heterocycles. The van der Waals surface area contributed by atoms with Gasteiger partial charge >= 0.3 is 0 Å². The summed E-state index contributed by atoms with van der Waals surface area (Å²) < 4.78 is 16.0. The van der Waals surface area contributed by atoms with Crippen molar-refractivity contribution in [1.29, 1.82) is 0 Å². The van der Waals surface area contributed by atoms with Crippen molar-refractivity contribution in [2.75, 3.05) is 5.32 Å². The largest absolute Gasteiger partial charge is 0.293 e. The highest BCUT2D eigenvalue weighted by molar-refractivity contribution is 6.30. The molecule has 0 fully saturated rings. The predicted octanol–water partition coefficient (Wildman–Crippen LogP) is 2.34. The summed E-state index contributed by atoms with van der Waals surface area (Å²) in [5, 5.41) is 11.3. The SMILES string of the molecule is O=C(CCn1cc(Cl)cn1)Nc1ncn(Cc2ccc(F)cc2)n1. The number of carbonyl (C=O) groups excluding carboxylic acids is 1. The Morgan fingerprint density at radius 1 is 1.25 bits per heavy atom. The Bertz CT molecular complexity index is 829. The van der Waals surface area contributed by atoms with E-state index in [2.05, 4.69) is 20.5 Å². The molecule has 0 aliphatic carbocycles. The Hall–Kier alpha value is -2.74. The molecule has 2 heterocycles. The third-order valence-corrected chi connectivity index (χ3v) is 3.41. The predicted molar refractivity (Wildman–Crippen MR) is 86.0 cm³/mol. The fourth-order valence-electron chi connectivity index (χ4n) is 2.07. The Morgan fingerprint density at radius 2 is 2.04 bits per heavy atom. The minimum absolute atomic E-state index is 0.221. The number of nitrogens with zero attached hydrogens (tertiary/aromatic N) is 5. The van der Waals surface area contributed by atoms with Crippen molar-refractivity contribution in [3.63, 3.8) is 0 Å². The third kappa shape index (κ3) is 4.39. The molecule has 0 unspecified atom stereocenters. The number of rotatable bonds is 6. The van der Waals surface area contributed by atoms with Crippen molar-refractivity contribution in [3.8, 4) is 0 Å². The first-order valence-corrected chi connectivity index (χ1v) is 7.58. The van der Waals surface area contributed by atoms with E-state index in [0.29, 0.717) is 18.1 Å². The molecule has 3 aromatic rings. The molecule has 0 spiro atoms. The van der Waals surface area contributed by atoms with Crippen molar-refractivity contribution in [2.24, 2.45) is 0 Å². The molecule has 0 aliphatic rings. The van der Waals surface area contributed by atoms with Crippen LogP contribution in [0.15, 0.2) is 43.0 Å². The van der Waals surface area contributed by atoms with Crippen LogP contribution in [0.2, 0.25) is 5.02 Å². The van der Waals surface area contributed by atoms with Gasteiger partial charge in [0.15, 0.2) is 0 Å². The van der Waals surface area contributed by atoms with Gasteiger partial charge in [-0.3, -0.25) is 14.8 Å². The summed E-state index contributed by atoms with van der Waals surface area (Å²) in [6.45, 7) is 0.851. The number of aromatic nitrogens is 5. The van der Waals surface area contributed by atoms with Crippen molar-refractivity contribution in [3.05, 3.63) is 59.4 Å². The minimum Gasteiger partial charge on any atom is -0.293 e. The zero-order valence-corrected chi connectivity index (χ0v) is 13.3. The van der Waals surface area contributed by atoms with Crippen LogP contribution in [0.5, 0.6) is 0 Å². The maximum absolute atomic E-state index is 12.9. The van der Waals surface area contributed by atoms with Gasteiger partial charge in [0.25, 0.3) is 0 Å². The Balaban J connectivity index is 1.51. The van der Waals surface area contributed by atoms with E-state index in [1.54, 1.807) is 27.7 Å². The molecule has 0 saturated carbocycles. The first-order chi connectivity index (χ1) is 11.6. The van der Waals surface area contributed by atoms with Crippen molar-refractivity contribution in [2.45, 2.75) is 19.5 Å². The van der Waals surface area contributed by atoms with E-state index in [1.165, 1.54) is 24.7 Å². The summed E-state index contributed by atoms with van der Waals surface area (Å²) in [6.07, 6.45) is 4.89. The van der Waals surface area contributed by atoms with Gasteiger partial charge in [-0.1, -0.05) is 23.7 Å². The van der Waals surface area contributed by atoms with Gasteiger partial charge < -0.3 is 0 Å². The Kier molecular flexibility index (Phi) is 4.85. The number of hydrogen-bond acceptors (Lipinski definition) is 4. The maximum Gasteiger partial charge on any atom is 0.248 e. The second-order valence-corrected chi connectivity index (χ2v) is 5.55. The topological polar surface area (TPSA) is 77.6 Å². The van der Waals surface area contributed by atoms with Gasteiger partial charge in [-0.2, -0.15) is 5.10 Å². The second kappa shape index (κ2) is 7.22. The first-order valence-electron chi connectivity index (χ1n) is 7.20.